The molecule has 1 rings (SSSR count). The van der Waals surface area contributed by atoms with Crippen molar-refractivity contribution in [3.8, 4) is 5.75 Å². The normalized spacial score (nSPS) is 11.2. The van der Waals surface area contributed by atoms with Crippen LogP contribution in [-0.4, -0.2) is 42.6 Å². The Balaban J connectivity index is 2.52. The third kappa shape index (κ3) is 6.84. The molecule has 0 heterocycles. The maximum absolute atomic E-state index is 9.45. The molecule has 1 aromatic rings. The fraction of sp³-hybridized carbons (Fsp3) is 0.471. The van der Waals surface area contributed by atoms with Crippen LogP contribution < -0.4 is 5.32 Å². The Hall–Kier alpha value is -1.97. The van der Waals surface area contributed by atoms with E-state index in [0.717, 1.165) is 43.9 Å². The van der Waals surface area contributed by atoms with Gasteiger partial charge < -0.3 is 15.3 Å². The molecule has 0 aliphatic carbocycles. The number of guanidine groups is 1. The number of aromatic hydroxyl groups is 1. The van der Waals surface area contributed by atoms with Gasteiger partial charge >= 0.3 is 0 Å². The van der Waals surface area contributed by atoms with Crippen LogP contribution in [0, 0.1) is 0 Å². The van der Waals surface area contributed by atoms with Crippen molar-refractivity contribution in [2.24, 2.45) is 4.99 Å². The van der Waals surface area contributed by atoms with Crippen molar-refractivity contribution in [1.82, 2.24) is 10.2 Å². The molecule has 0 fully saturated rings. The highest BCUT2D eigenvalue weighted by atomic mass is 16.3. The third-order valence-corrected chi connectivity index (χ3v) is 3.17. The second kappa shape index (κ2) is 9.86. The van der Waals surface area contributed by atoms with E-state index < -0.39 is 0 Å². The van der Waals surface area contributed by atoms with Gasteiger partial charge in [0, 0.05) is 26.7 Å². The zero-order chi connectivity index (χ0) is 15.5. The van der Waals surface area contributed by atoms with E-state index in [2.05, 4.69) is 35.8 Å². The Morgan fingerprint density at radius 2 is 2.29 bits per heavy atom. The number of rotatable bonds is 8. The maximum Gasteiger partial charge on any atom is 0.193 e. The minimum absolute atomic E-state index is 0.310. The highest BCUT2D eigenvalue weighted by molar-refractivity contribution is 5.79. The number of phenolic OH excluding ortho intramolecular Hbond substituents is 1. The van der Waals surface area contributed by atoms with E-state index in [-0.39, 0.29) is 0 Å². The number of benzene rings is 1. The van der Waals surface area contributed by atoms with Crippen molar-refractivity contribution >= 4 is 5.96 Å². The van der Waals surface area contributed by atoms with Gasteiger partial charge in [0.15, 0.2) is 5.96 Å². The van der Waals surface area contributed by atoms with Crippen LogP contribution in [0.2, 0.25) is 0 Å². The van der Waals surface area contributed by atoms with Crippen molar-refractivity contribution in [3.05, 3.63) is 42.5 Å². The van der Waals surface area contributed by atoms with Crippen LogP contribution in [0.3, 0.4) is 0 Å². The summed E-state index contributed by atoms with van der Waals surface area (Å²) in [5.41, 5.74) is 1.10. The Morgan fingerprint density at radius 1 is 1.48 bits per heavy atom. The molecule has 0 saturated heterocycles. The van der Waals surface area contributed by atoms with Crippen molar-refractivity contribution in [2.45, 2.75) is 26.2 Å². The van der Waals surface area contributed by atoms with Gasteiger partial charge in [-0.2, -0.15) is 0 Å². The van der Waals surface area contributed by atoms with Crippen LogP contribution in [0.25, 0.3) is 0 Å². The molecule has 0 atom stereocenters. The monoisotopic (exact) mass is 289 g/mol. The number of unbranched alkanes of at least 4 members (excludes halogenated alkanes) is 1. The molecule has 21 heavy (non-hydrogen) atoms. The summed E-state index contributed by atoms with van der Waals surface area (Å²) in [5, 5.41) is 12.8. The number of phenols is 1. The zero-order valence-corrected chi connectivity index (χ0v) is 13.2. The first-order valence-electron chi connectivity index (χ1n) is 7.55. The fourth-order valence-corrected chi connectivity index (χ4v) is 2.05. The van der Waals surface area contributed by atoms with E-state index in [0.29, 0.717) is 12.3 Å². The van der Waals surface area contributed by atoms with E-state index in [9.17, 15) is 5.11 Å². The van der Waals surface area contributed by atoms with E-state index in [1.165, 1.54) is 0 Å². The summed E-state index contributed by atoms with van der Waals surface area (Å²) in [6.07, 6.45) is 4.87. The van der Waals surface area contributed by atoms with Crippen molar-refractivity contribution < 1.29 is 5.11 Å². The maximum atomic E-state index is 9.45. The first-order valence-corrected chi connectivity index (χ1v) is 7.55. The molecule has 0 amide bonds. The Labute approximate surface area is 128 Å². The van der Waals surface area contributed by atoms with Gasteiger partial charge in [-0.05, 0) is 43.9 Å². The molecule has 4 nitrogen and oxygen atoms in total. The van der Waals surface area contributed by atoms with Crippen LogP contribution >= 0.6 is 0 Å². The Morgan fingerprint density at radius 3 is 2.95 bits per heavy atom. The minimum atomic E-state index is 0.310. The summed E-state index contributed by atoms with van der Waals surface area (Å²) in [6.45, 7) is 8.34. The van der Waals surface area contributed by atoms with Crippen molar-refractivity contribution in [2.75, 3.05) is 26.7 Å². The molecule has 0 bridgehead atoms. The average molecular weight is 289 g/mol. The van der Waals surface area contributed by atoms with Gasteiger partial charge in [-0.25, -0.2) is 0 Å². The second-order valence-electron chi connectivity index (χ2n) is 5.01. The van der Waals surface area contributed by atoms with Crippen molar-refractivity contribution in [1.29, 1.82) is 0 Å². The molecule has 0 unspecified atom stereocenters. The SMILES string of the molecule is C=CCCCN(C)C(=NCCc1cccc(O)c1)NCC. The molecule has 0 spiro atoms. The number of hydrogen-bond donors (Lipinski definition) is 2. The van der Waals surface area contributed by atoms with Gasteiger partial charge in [-0.1, -0.05) is 18.2 Å². The summed E-state index contributed by atoms with van der Waals surface area (Å²) in [6, 6.07) is 7.34. The predicted molar refractivity (Wildman–Crippen MR) is 89.9 cm³/mol. The summed E-state index contributed by atoms with van der Waals surface area (Å²) in [4.78, 5) is 6.79. The van der Waals surface area contributed by atoms with Gasteiger partial charge in [-0.3, -0.25) is 4.99 Å². The first-order chi connectivity index (χ1) is 10.2. The van der Waals surface area contributed by atoms with Gasteiger partial charge in [0.2, 0.25) is 0 Å². The van der Waals surface area contributed by atoms with E-state index >= 15 is 0 Å². The van der Waals surface area contributed by atoms with Crippen molar-refractivity contribution in [3.63, 3.8) is 0 Å². The van der Waals surface area contributed by atoms with Gasteiger partial charge in [0.25, 0.3) is 0 Å². The van der Waals surface area contributed by atoms with E-state index in [1.807, 2.05) is 18.2 Å². The highest BCUT2D eigenvalue weighted by Gasteiger charge is 2.04. The number of aliphatic imine (C=N–C) groups is 1. The van der Waals surface area contributed by atoms with Crippen LogP contribution in [0.15, 0.2) is 41.9 Å². The third-order valence-electron chi connectivity index (χ3n) is 3.17. The predicted octanol–water partition coefficient (Wildman–Crippen LogP) is 2.80. The number of nitrogens with one attached hydrogen (secondary N) is 1. The minimum Gasteiger partial charge on any atom is -0.508 e. The van der Waals surface area contributed by atoms with Gasteiger partial charge in [0.1, 0.15) is 5.75 Å². The molecule has 0 radical (unpaired) electrons. The number of hydrogen-bond acceptors (Lipinski definition) is 2. The molecular formula is C17H27N3O. The summed E-state index contributed by atoms with van der Waals surface area (Å²) in [7, 11) is 2.05. The number of allylic oxidation sites excluding steroid dienone is 1. The summed E-state index contributed by atoms with van der Waals surface area (Å²) >= 11 is 0. The molecule has 4 heteroatoms. The Kier molecular flexibility index (Phi) is 8.02. The highest BCUT2D eigenvalue weighted by Crippen LogP contribution is 2.11. The van der Waals surface area contributed by atoms with Gasteiger partial charge in [0.05, 0.1) is 0 Å². The molecule has 0 aliphatic rings. The molecule has 0 aliphatic heterocycles. The molecule has 116 valence electrons. The van der Waals surface area contributed by atoms with Crippen LogP contribution in [0.5, 0.6) is 5.75 Å². The average Bonchev–Trinajstić information content (AvgIpc) is 2.46. The Bertz CT molecular complexity index is 457. The van der Waals surface area contributed by atoms with Crippen LogP contribution in [0.4, 0.5) is 0 Å². The summed E-state index contributed by atoms with van der Waals surface area (Å²) < 4.78 is 0. The van der Waals surface area contributed by atoms with Crippen LogP contribution in [-0.2, 0) is 6.42 Å². The molecule has 1 aromatic carbocycles. The standard InChI is InChI=1S/C17H27N3O/c1-4-6-7-13-20(3)17(18-5-2)19-12-11-15-9-8-10-16(21)14-15/h4,8-10,14,21H,1,5-7,11-13H2,2-3H3,(H,18,19). The first kappa shape index (κ1) is 17.1. The smallest absolute Gasteiger partial charge is 0.193 e. The number of nitrogens with zero attached hydrogens (tertiary/aromatic N) is 2. The van der Waals surface area contributed by atoms with E-state index in [4.69, 9.17) is 0 Å². The fourth-order valence-electron chi connectivity index (χ4n) is 2.05. The van der Waals surface area contributed by atoms with Gasteiger partial charge in [-0.15, -0.1) is 6.58 Å². The summed E-state index contributed by atoms with van der Waals surface area (Å²) in [5.74, 6) is 1.24. The lowest BCUT2D eigenvalue weighted by molar-refractivity contribution is 0.470. The largest absolute Gasteiger partial charge is 0.508 e. The van der Waals surface area contributed by atoms with Crippen LogP contribution in [0.1, 0.15) is 25.3 Å². The zero-order valence-electron chi connectivity index (χ0n) is 13.2. The topological polar surface area (TPSA) is 47.9 Å². The lowest BCUT2D eigenvalue weighted by atomic mass is 10.1. The lowest BCUT2D eigenvalue weighted by Gasteiger charge is -2.21. The quantitative estimate of drug-likeness (QED) is 0.335. The molecule has 0 aromatic heterocycles. The lowest BCUT2D eigenvalue weighted by Crippen LogP contribution is -2.39. The molecule has 0 saturated carbocycles. The molecular weight excluding hydrogens is 262 g/mol. The van der Waals surface area contributed by atoms with E-state index in [1.54, 1.807) is 12.1 Å². The molecule has 2 N–H and O–H groups in total. The second-order valence-corrected chi connectivity index (χ2v) is 5.01.